The summed E-state index contributed by atoms with van der Waals surface area (Å²) in [5.74, 6) is 0.416. The van der Waals surface area contributed by atoms with Gasteiger partial charge in [0.2, 0.25) is 0 Å². The number of hydrogen-bond acceptors (Lipinski definition) is 5. The minimum absolute atomic E-state index is 0.261. The Morgan fingerprint density at radius 1 is 1.50 bits per heavy atom. The molecule has 0 radical (unpaired) electrons. The van der Waals surface area contributed by atoms with E-state index in [1.807, 2.05) is 0 Å². The molecule has 2 aromatic rings. The fraction of sp³-hybridized carbons (Fsp3) is 0.111. The van der Waals surface area contributed by atoms with Crippen LogP contribution < -0.4 is 11.1 Å². The summed E-state index contributed by atoms with van der Waals surface area (Å²) in [6, 6.07) is 3.15. The first-order valence-electron chi connectivity index (χ1n) is 4.57. The van der Waals surface area contributed by atoms with Crippen LogP contribution in [-0.4, -0.2) is 32.7 Å². The predicted octanol–water partition coefficient (Wildman–Crippen LogP) is -0.396. The van der Waals surface area contributed by atoms with E-state index < -0.39 is 0 Å². The Labute approximate surface area is 91.3 Å². The number of hydrogen-bond donors (Lipinski definition) is 2. The van der Waals surface area contributed by atoms with Crippen LogP contribution in [0.2, 0.25) is 0 Å². The van der Waals surface area contributed by atoms with E-state index in [0.29, 0.717) is 17.5 Å². The molecule has 2 heterocycles. The molecule has 1 amide bonds. The first-order valence-corrected chi connectivity index (χ1v) is 4.57. The van der Waals surface area contributed by atoms with Gasteiger partial charge in [0.25, 0.3) is 11.9 Å². The maximum absolute atomic E-state index is 11.3. The Kier molecular flexibility index (Phi) is 2.50. The van der Waals surface area contributed by atoms with Gasteiger partial charge in [-0.1, -0.05) is 0 Å². The normalized spacial score (nSPS) is 10.1. The van der Waals surface area contributed by atoms with E-state index in [4.69, 9.17) is 5.73 Å². The Hall–Kier alpha value is -2.44. The monoisotopic (exact) mass is 218 g/mol. The smallest absolute Gasteiger partial charge is 0.271 e. The molecule has 82 valence electrons. The average molecular weight is 218 g/mol. The summed E-state index contributed by atoms with van der Waals surface area (Å²) in [6.45, 7) is 0. The number of nitrogen functional groups attached to an aromatic ring is 1. The van der Waals surface area contributed by atoms with Crippen molar-refractivity contribution in [2.75, 3.05) is 12.8 Å². The Balaban J connectivity index is 2.35. The number of carbonyl (C=O) groups excluding carboxylic acids is 1. The summed E-state index contributed by atoms with van der Waals surface area (Å²) in [5.41, 5.74) is 5.82. The van der Waals surface area contributed by atoms with E-state index in [1.54, 1.807) is 25.4 Å². The zero-order valence-corrected chi connectivity index (χ0v) is 8.58. The van der Waals surface area contributed by atoms with E-state index in [1.165, 1.54) is 10.9 Å². The van der Waals surface area contributed by atoms with E-state index in [-0.39, 0.29) is 5.91 Å². The Morgan fingerprint density at radius 2 is 2.31 bits per heavy atom. The second kappa shape index (κ2) is 3.97. The van der Waals surface area contributed by atoms with Crippen LogP contribution in [0.25, 0.3) is 5.95 Å². The molecular weight excluding hydrogens is 208 g/mol. The van der Waals surface area contributed by atoms with E-state index >= 15 is 0 Å². The molecule has 0 saturated heterocycles. The molecule has 0 aliphatic heterocycles. The predicted molar refractivity (Wildman–Crippen MR) is 57.0 cm³/mol. The molecule has 0 spiro atoms. The number of rotatable bonds is 2. The fourth-order valence-corrected chi connectivity index (χ4v) is 1.16. The molecule has 16 heavy (non-hydrogen) atoms. The van der Waals surface area contributed by atoms with Crippen molar-refractivity contribution in [1.82, 2.24) is 25.1 Å². The molecule has 7 nitrogen and oxygen atoms in total. The van der Waals surface area contributed by atoms with Crippen molar-refractivity contribution in [3.8, 4) is 5.95 Å². The highest BCUT2D eigenvalue weighted by atomic mass is 16.1. The highest BCUT2D eigenvalue weighted by Crippen LogP contribution is 2.03. The number of nitrogens with one attached hydrogen (secondary N) is 1. The molecule has 0 unspecified atom stereocenters. The van der Waals surface area contributed by atoms with Gasteiger partial charge in [-0.3, -0.25) is 4.79 Å². The van der Waals surface area contributed by atoms with Crippen molar-refractivity contribution in [3.63, 3.8) is 0 Å². The number of anilines is 1. The minimum atomic E-state index is -0.261. The maximum Gasteiger partial charge on any atom is 0.271 e. The maximum atomic E-state index is 11.3. The highest BCUT2D eigenvalue weighted by Gasteiger charge is 2.09. The van der Waals surface area contributed by atoms with Crippen LogP contribution in [0.1, 0.15) is 10.5 Å². The van der Waals surface area contributed by atoms with Crippen molar-refractivity contribution < 1.29 is 4.79 Å². The van der Waals surface area contributed by atoms with Gasteiger partial charge < -0.3 is 11.1 Å². The van der Waals surface area contributed by atoms with Crippen LogP contribution in [0.15, 0.2) is 24.5 Å². The Bertz CT molecular complexity index is 520. The number of nitrogens with zero attached hydrogens (tertiary/aromatic N) is 4. The van der Waals surface area contributed by atoms with E-state index in [2.05, 4.69) is 20.4 Å². The molecule has 0 fully saturated rings. The van der Waals surface area contributed by atoms with Crippen LogP contribution in [0.3, 0.4) is 0 Å². The van der Waals surface area contributed by atoms with Crippen molar-refractivity contribution in [1.29, 1.82) is 0 Å². The third-order valence-electron chi connectivity index (χ3n) is 1.92. The van der Waals surface area contributed by atoms with Crippen LogP contribution in [0.5, 0.6) is 0 Å². The molecule has 0 bridgehead atoms. The first kappa shape index (κ1) is 10.1. The van der Waals surface area contributed by atoms with Gasteiger partial charge in [-0.05, 0) is 12.1 Å². The molecule has 7 heteroatoms. The number of aromatic nitrogens is 4. The van der Waals surface area contributed by atoms with Gasteiger partial charge in [-0.25, -0.2) is 9.67 Å². The molecule has 0 atom stereocenters. The zero-order chi connectivity index (χ0) is 11.5. The van der Waals surface area contributed by atoms with Crippen LogP contribution in [0.4, 0.5) is 5.82 Å². The lowest BCUT2D eigenvalue weighted by molar-refractivity contribution is 0.0957. The first-order chi connectivity index (χ1) is 7.70. The summed E-state index contributed by atoms with van der Waals surface area (Å²) in [7, 11) is 1.54. The van der Waals surface area contributed by atoms with Crippen LogP contribution in [0, 0.1) is 0 Å². The van der Waals surface area contributed by atoms with Gasteiger partial charge in [-0.2, -0.15) is 10.1 Å². The molecule has 0 aromatic carbocycles. The molecule has 3 N–H and O–H groups in total. The summed E-state index contributed by atoms with van der Waals surface area (Å²) in [6.07, 6.45) is 3.12. The van der Waals surface area contributed by atoms with Gasteiger partial charge in [-0.15, -0.1) is 0 Å². The molecule has 0 aliphatic carbocycles. The SMILES string of the molecule is CNC(=O)c1ccn(-c2nccc(N)n2)n1. The van der Waals surface area contributed by atoms with Gasteiger partial charge >= 0.3 is 0 Å². The third-order valence-corrected chi connectivity index (χ3v) is 1.92. The van der Waals surface area contributed by atoms with Gasteiger partial charge in [0.15, 0.2) is 5.69 Å². The lowest BCUT2D eigenvalue weighted by Gasteiger charge is -1.99. The van der Waals surface area contributed by atoms with Gasteiger partial charge in [0.1, 0.15) is 5.82 Å². The van der Waals surface area contributed by atoms with Gasteiger partial charge in [0.05, 0.1) is 0 Å². The Morgan fingerprint density at radius 3 is 3.00 bits per heavy atom. The second-order valence-corrected chi connectivity index (χ2v) is 3.01. The van der Waals surface area contributed by atoms with Crippen molar-refractivity contribution in [2.45, 2.75) is 0 Å². The minimum Gasteiger partial charge on any atom is -0.384 e. The van der Waals surface area contributed by atoms with Gasteiger partial charge in [0, 0.05) is 19.4 Å². The summed E-state index contributed by atoms with van der Waals surface area (Å²) in [5, 5.41) is 6.49. The summed E-state index contributed by atoms with van der Waals surface area (Å²) >= 11 is 0. The fourth-order valence-electron chi connectivity index (χ4n) is 1.16. The second-order valence-electron chi connectivity index (χ2n) is 3.01. The van der Waals surface area contributed by atoms with E-state index in [9.17, 15) is 4.79 Å². The lowest BCUT2D eigenvalue weighted by atomic mass is 10.4. The summed E-state index contributed by atoms with van der Waals surface area (Å²) in [4.78, 5) is 19.2. The number of amides is 1. The van der Waals surface area contributed by atoms with Crippen molar-refractivity contribution >= 4 is 11.7 Å². The standard InChI is InChI=1S/C9H10N6O/c1-11-8(16)6-3-5-15(14-6)9-12-4-2-7(10)13-9/h2-5H,1H3,(H,11,16)(H2,10,12,13). The molecule has 2 aromatic heterocycles. The van der Waals surface area contributed by atoms with Crippen LogP contribution in [-0.2, 0) is 0 Å². The van der Waals surface area contributed by atoms with Crippen molar-refractivity contribution in [2.24, 2.45) is 0 Å². The average Bonchev–Trinajstić information content (AvgIpc) is 2.77. The number of carbonyl (C=O) groups is 1. The molecule has 0 saturated carbocycles. The third kappa shape index (κ3) is 1.83. The molecular formula is C9H10N6O. The number of nitrogens with two attached hydrogens (primary N) is 1. The lowest BCUT2D eigenvalue weighted by Crippen LogP contribution is -2.18. The van der Waals surface area contributed by atoms with Crippen LogP contribution >= 0.6 is 0 Å². The molecule has 2 rings (SSSR count). The summed E-state index contributed by atoms with van der Waals surface area (Å²) < 4.78 is 1.39. The van der Waals surface area contributed by atoms with E-state index in [0.717, 1.165) is 0 Å². The zero-order valence-electron chi connectivity index (χ0n) is 8.58. The topological polar surface area (TPSA) is 98.7 Å². The molecule has 0 aliphatic rings. The van der Waals surface area contributed by atoms with Crippen molar-refractivity contribution in [3.05, 3.63) is 30.2 Å². The quantitative estimate of drug-likeness (QED) is 0.714. The largest absolute Gasteiger partial charge is 0.384 e. The highest BCUT2D eigenvalue weighted by molar-refractivity contribution is 5.91.